The first-order valence-corrected chi connectivity index (χ1v) is 9.51. The number of rotatable bonds is 5. The van der Waals surface area contributed by atoms with Gasteiger partial charge in [-0.2, -0.15) is 0 Å². The van der Waals surface area contributed by atoms with Crippen molar-refractivity contribution < 1.29 is 9.47 Å². The predicted molar refractivity (Wildman–Crippen MR) is 114 cm³/mol. The number of para-hydroxylation sites is 1. The third-order valence-corrected chi connectivity index (χ3v) is 5.17. The maximum absolute atomic E-state index is 6.16. The molecule has 0 bridgehead atoms. The smallest absolute Gasteiger partial charge is 0.172 e. The molecule has 3 aromatic carbocycles. The number of nitrogens with one attached hydrogen (secondary N) is 1. The Morgan fingerprint density at radius 2 is 1.79 bits per heavy atom. The molecule has 142 valence electrons. The molecule has 0 atom stereocenters. The maximum Gasteiger partial charge on any atom is 0.172 e. The number of aromatic amines is 1. The van der Waals surface area contributed by atoms with Gasteiger partial charge in [0.1, 0.15) is 12.4 Å². The van der Waals surface area contributed by atoms with Gasteiger partial charge in [0, 0.05) is 0 Å². The van der Waals surface area contributed by atoms with Crippen LogP contribution < -0.4 is 9.47 Å². The van der Waals surface area contributed by atoms with Gasteiger partial charge in [0.05, 0.1) is 33.8 Å². The van der Waals surface area contributed by atoms with Gasteiger partial charge in [-0.25, -0.2) is 4.98 Å². The molecule has 0 radical (unpaired) electrons. The summed E-state index contributed by atoms with van der Waals surface area (Å²) < 4.78 is 11.7. The predicted octanol–water partition coefficient (Wildman–Crippen LogP) is 6.43. The molecule has 0 saturated heterocycles. The van der Waals surface area contributed by atoms with Crippen molar-refractivity contribution in [3.05, 3.63) is 75.8 Å². The van der Waals surface area contributed by atoms with Gasteiger partial charge in [-0.3, -0.25) is 0 Å². The summed E-state index contributed by atoms with van der Waals surface area (Å²) in [4.78, 5) is 7.95. The molecule has 0 amide bonds. The highest BCUT2D eigenvalue weighted by Crippen LogP contribution is 2.38. The molecule has 0 aliphatic rings. The second-order valence-corrected chi connectivity index (χ2v) is 7.30. The van der Waals surface area contributed by atoms with Gasteiger partial charge in [0.15, 0.2) is 11.5 Å². The Kier molecular flexibility index (Phi) is 5.16. The van der Waals surface area contributed by atoms with Crippen LogP contribution in [0.1, 0.15) is 11.1 Å². The topological polar surface area (TPSA) is 47.1 Å². The van der Waals surface area contributed by atoms with Crippen molar-refractivity contribution in [2.45, 2.75) is 13.5 Å². The van der Waals surface area contributed by atoms with Crippen molar-refractivity contribution >= 4 is 34.2 Å². The summed E-state index contributed by atoms with van der Waals surface area (Å²) in [6, 6.07) is 17.4. The van der Waals surface area contributed by atoms with E-state index in [-0.39, 0.29) is 0 Å². The fourth-order valence-electron chi connectivity index (χ4n) is 3.10. The third-order valence-electron chi connectivity index (χ3n) is 4.44. The highest BCUT2D eigenvalue weighted by atomic mass is 35.5. The molecular weight excluding hydrogens is 395 g/mol. The van der Waals surface area contributed by atoms with Crippen LogP contribution in [0.3, 0.4) is 0 Å². The lowest BCUT2D eigenvalue weighted by Gasteiger charge is -2.14. The molecule has 1 heterocycles. The second kappa shape index (κ2) is 7.74. The molecule has 0 aliphatic heterocycles. The Morgan fingerprint density at radius 1 is 1.00 bits per heavy atom. The third kappa shape index (κ3) is 3.66. The van der Waals surface area contributed by atoms with Crippen molar-refractivity contribution in [2.75, 3.05) is 7.11 Å². The minimum absolute atomic E-state index is 0.424. The summed E-state index contributed by atoms with van der Waals surface area (Å²) in [6.45, 7) is 2.48. The molecule has 0 spiro atoms. The van der Waals surface area contributed by atoms with Gasteiger partial charge in [-0.1, -0.05) is 59.1 Å². The zero-order chi connectivity index (χ0) is 19.7. The van der Waals surface area contributed by atoms with E-state index in [0.717, 1.165) is 22.2 Å². The first-order chi connectivity index (χ1) is 13.5. The lowest BCUT2D eigenvalue weighted by molar-refractivity contribution is 0.285. The molecule has 4 rings (SSSR count). The molecule has 0 aliphatic carbocycles. The zero-order valence-electron chi connectivity index (χ0n) is 15.4. The number of imidazole rings is 1. The SMILES string of the molecule is COc1cccc(-c2nc3cc(Cl)c(Cl)cc3[nH]2)c1OCc1cccc(C)c1. The van der Waals surface area contributed by atoms with Crippen molar-refractivity contribution in [2.24, 2.45) is 0 Å². The first-order valence-electron chi connectivity index (χ1n) is 8.75. The Bertz CT molecular complexity index is 1120. The summed E-state index contributed by atoms with van der Waals surface area (Å²) in [5.41, 5.74) is 4.61. The Balaban J connectivity index is 1.75. The molecule has 1 N–H and O–H groups in total. The zero-order valence-corrected chi connectivity index (χ0v) is 16.9. The number of aromatic nitrogens is 2. The highest BCUT2D eigenvalue weighted by molar-refractivity contribution is 6.42. The van der Waals surface area contributed by atoms with Crippen LogP contribution in [0.2, 0.25) is 10.0 Å². The van der Waals surface area contributed by atoms with Gasteiger partial charge in [-0.05, 0) is 36.8 Å². The number of hydrogen-bond acceptors (Lipinski definition) is 3. The fraction of sp³-hybridized carbons (Fsp3) is 0.136. The standard InChI is InChI=1S/C22H18Cl2N2O2/c1-13-5-3-6-14(9-13)12-28-21-15(7-4-8-20(21)27-2)22-25-18-10-16(23)17(24)11-19(18)26-22/h3-11H,12H2,1-2H3,(H,25,26). The van der Waals surface area contributed by atoms with Crippen LogP contribution in [-0.4, -0.2) is 17.1 Å². The number of fused-ring (bicyclic) bond motifs is 1. The molecule has 0 fully saturated rings. The number of hydrogen-bond donors (Lipinski definition) is 1. The Hall–Kier alpha value is -2.69. The lowest BCUT2D eigenvalue weighted by atomic mass is 10.1. The normalized spacial score (nSPS) is 11.0. The van der Waals surface area contributed by atoms with E-state index < -0.39 is 0 Å². The van der Waals surface area contributed by atoms with E-state index in [2.05, 4.69) is 29.0 Å². The van der Waals surface area contributed by atoms with Gasteiger partial charge in [-0.15, -0.1) is 0 Å². The molecule has 1 aromatic heterocycles. The number of halogens is 2. The van der Waals surface area contributed by atoms with Crippen molar-refractivity contribution in [1.82, 2.24) is 9.97 Å². The van der Waals surface area contributed by atoms with E-state index in [1.807, 2.05) is 30.3 Å². The number of nitrogens with zero attached hydrogens (tertiary/aromatic N) is 1. The van der Waals surface area contributed by atoms with E-state index in [1.165, 1.54) is 5.56 Å². The lowest BCUT2D eigenvalue weighted by Crippen LogP contribution is -2.00. The highest BCUT2D eigenvalue weighted by Gasteiger charge is 2.16. The van der Waals surface area contributed by atoms with Gasteiger partial charge in [0.2, 0.25) is 0 Å². The number of ether oxygens (including phenoxy) is 2. The molecule has 4 nitrogen and oxygen atoms in total. The molecule has 0 saturated carbocycles. The summed E-state index contributed by atoms with van der Waals surface area (Å²) in [5.74, 6) is 1.93. The monoisotopic (exact) mass is 412 g/mol. The number of methoxy groups -OCH3 is 1. The van der Waals surface area contributed by atoms with Crippen molar-refractivity contribution in [3.8, 4) is 22.9 Å². The average Bonchev–Trinajstić information content (AvgIpc) is 3.09. The largest absolute Gasteiger partial charge is 0.493 e. The summed E-state index contributed by atoms with van der Waals surface area (Å²) in [7, 11) is 1.62. The van der Waals surface area contributed by atoms with Crippen LogP contribution >= 0.6 is 23.2 Å². The van der Waals surface area contributed by atoms with Gasteiger partial charge in [0.25, 0.3) is 0 Å². The van der Waals surface area contributed by atoms with E-state index >= 15 is 0 Å². The number of aryl methyl sites for hydroxylation is 1. The van der Waals surface area contributed by atoms with Gasteiger partial charge < -0.3 is 14.5 Å². The molecule has 28 heavy (non-hydrogen) atoms. The minimum atomic E-state index is 0.424. The van der Waals surface area contributed by atoms with Crippen LogP contribution in [0.15, 0.2) is 54.6 Å². The van der Waals surface area contributed by atoms with Crippen LogP contribution in [0, 0.1) is 6.92 Å². The van der Waals surface area contributed by atoms with E-state index in [9.17, 15) is 0 Å². The van der Waals surface area contributed by atoms with E-state index in [0.29, 0.717) is 34.0 Å². The van der Waals surface area contributed by atoms with Crippen LogP contribution in [0.5, 0.6) is 11.5 Å². The van der Waals surface area contributed by atoms with Crippen LogP contribution in [0.4, 0.5) is 0 Å². The van der Waals surface area contributed by atoms with Crippen molar-refractivity contribution in [3.63, 3.8) is 0 Å². The minimum Gasteiger partial charge on any atom is -0.493 e. The molecule has 6 heteroatoms. The van der Waals surface area contributed by atoms with Gasteiger partial charge >= 0.3 is 0 Å². The summed E-state index contributed by atoms with van der Waals surface area (Å²) >= 11 is 12.2. The number of H-pyrrole nitrogens is 1. The van der Waals surface area contributed by atoms with Crippen LogP contribution in [-0.2, 0) is 6.61 Å². The number of benzene rings is 3. The molecule has 4 aromatic rings. The molecule has 0 unspecified atom stereocenters. The van der Waals surface area contributed by atoms with Crippen molar-refractivity contribution in [1.29, 1.82) is 0 Å². The fourth-order valence-corrected chi connectivity index (χ4v) is 3.42. The molecular formula is C22H18Cl2N2O2. The van der Waals surface area contributed by atoms with Crippen LogP contribution in [0.25, 0.3) is 22.4 Å². The Morgan fingerprint density at radius 3 is 2.57 bits per heavy atom. The first kappa shape index (κ1) is 18.7. The average molecular weight is 413 g/mol. The van der Waals surface area contributed by atoms with E-state index in [1.54, 1.807) is 19.2 Å². The van der Waals surface area contributed by atoms with E-state index in [4.69, 9.17) is 32.7 Å². The maximum atomic E-state index is 6.16. The summed E-state index contributed by atoms with van der Waals surface area (Å²) in [5, 5.41) is 0.944. The Labute approximate surface area is 173 Å². The summed E-state index contributed by atoms with van der Waals surface area (Å²) in [6.07, 6.45) is 0. The quantitative estimate of drug-likeness (QED) is 0.410. The second-order valence-electron chi connectivity index (χ2n) is 6.48.